The van der Waals surface area contributed by atoms with Crippen LogP contribution in [0.15, 0.2) is 133 Å². The van der Waals surface area contributed by atoms with E-state index in [1.54, 1.807) is 72.8 Å². The number of aromatic hydroxyl groups is 4. The molecule has 12 nitrogen and oxygen atoms in total. The van der Waals surface area contributed by atoms with E-state index in [0.29, 0.717) is 25.7 Å². The molecule has 0 bridgehead atoms. The van der Waals surface area contributed by atoms with Crippen LogP contribution in [-0.2, 0) is 32.3 Å². The maximum absolute atomic E-state index is 13.4. The number of carbonyl (C=O) groups is 6. The highest BCUT2D eigenvalue weighted by molar-refractivity contribution is 6.17. The van der Waals surface area contributed by atoms with E-state index >= 15 is 0 Å². The van der Waals surface area contributed by atoms with Gasteiger partial charge in [0.1, 0.15) is 36.2 Å². The predicted octanol–water partition coefficient (Wildman–Crippen LogP) is 8.56. The second-order valence-corrected chi connectivity index (χ2v) is 14.3. The summed E-state index contributed by atoms with van der Waals surface area (Å²) in [4.78, 5) is 79.1. The zero-order valence-electron chi connectivity index (χ0n) is 33.4. The second-order valence-electron chi connectivity index (χ2n) is 14.3. The zero-order valence-corrected chi connectivity index (χ0v) is 33.4. The Morgan fingerprint density at radius 3 is 0.839 bits per heavy atom. The minimum atomic E-state index is -0.670. The summed E-state index contributed by atoms with van der Waals surface area (Å²) >= 11 is 0. The molecule has 0 amide bonds. The van der Waals surface area contributed by atoms with Crippen LogP contribution in [0.5, 0.6) is 23.0 Å². The first-order chi connectivity index (χ1) is 30.0. The third-order valence-corrected chi connectivity index (χ3v) is 10.1. The number of carbonyl (C=O) groups excluding carboxylic acids is 6. The monoisotopic (exact) mass is 834 g/mol. The van der Waals surface area contributed by atoms with Gasteiger partial charge in [0.25, 0.3) is 0 Å². The van der Waals surface area contributed by atoms with Crippen LogP contribution in [0.4, 0.5) is 0 Å². The lowest BCUT2D eigenvalue weighted by molar-refractivity contribution is -0.146. The molecule has 12 heteroatoms. The van der Waals surface area contributed by atoms with E-state index in [9.17, 15) is 49.2 Å². The normalized spacial score (nSPS) is 10.8. The molecule has 0 radical (unpaired) electrons. The summed E-state index contributed by atoms with van der Waals surface area (Å²) in [7, 11) is 0. The van der Waals surface area contributed by atoms with Gasteiger partial charge in [0.2, 0.25) is 0 Å². The summed E-state index contributed by atoms with van der Waals surface area (Å²) in [5.41, 5.74) is -0.669. The van der Waals surface area contributed by atoms with Crippen LogP contribution in [0, 0.1) is 0 Å². The Balaban J connectivity index is 1.03. The van der Waals surface area contributed by atoms with Crippen molar-refractivity contribution in [2.45, 2.75) is 51.7 Å². The van der Waals surface area contributed by atoms with Gasteiger partial charge in [-0.15, -0.1) is 0 Å². The van der Waals surface area contributed by atoms with Crippen molar-refractivity contribution >= 4 is 35.1 Å². The lowest BCUT2D eigenvalue weighted by Gasteiger charge is -2.16. The first kappa shape index (κ1) is 43.7. The lowest BCUT2D eigenvalue weighted by atomic mass is 9.93. The zero-order chi connectivity index (χ0) is 44.2. The van der Waals surface area contributed by atoms with Crippen molar-refractivity contribution in [2.24, 2.45) is 0 Å². The van der Waals surface area contributed by atoms with Crippen molar-refractivity contribution in [3.8, 4) is 23.0 Å². The Kier molecular flexibility index (Phi) is 14.4. The van der Waals surface area contributed by atoms with Crippen LogP contribution in [0.1, 0.15) is 113 Å². The summed E-state index contributed by atoms with van der Waals surface area (Å²) in [6.45, 7) is -1.24. The average Bonchev–Trinajstić information content (AvgIpc) is 3.30. The number of ether oxygens (including phenoxy) is 2. The van der Waals surface area contributed by atoms with Gasteiger partial charge in [-0.1, -0.05) is 134 Å². The number of hydrogen-bond acceptors (Lipinski definition) is 12. The van der Waals surface area contributed by atoms with Crippen molar-refractivity contribution in [1.82, 2.24) is 0 Å². The number of hydrogen-bond donors (Lipinski definition) is 4. The molecule has 4 N–H and O–H groups in total. The van der Waals surface area contributed by atoms with E-state index in [1.807, 2.05) is 0 Å². The molecular weight excluding hydrogens is 793 g/mol. The average molecular weight is 835 g/mol. The van der Waals surface area contributed by atoms with Crippen LogP contribution in [0.25, 0.3) is 0 Å². The molecule has 0 saturated heterocycles. The molecule has 62 heavy (non-hydrogen) atoms. The minimum absolute atomic E-state index is 0.0506. The van der Waals surface area contributed by atoms with Crippen molar-refractivity contribution in [2.75, 3.05) is 0 Å². The molecule has 0 saturated carbocycles. The molecule has 0 aliphatic heterocycles. The standard InChI is InChI=1S/C50H42O12/c51-41(61-29-39-47(57)35(43(53)31-17-7-3-8-18-31)27-36(48(39)58)44(54)32-19-9-4-10-20-32)25-15-1-2-16-26-42(52)62-30-40-49(59)37(45(55)33-21-11-5-12-22-33)28-38(50(40)60)46(56)34-23-13-6-14-24-34/h3-14,17-24,27-28,57-60H,1-2,15-16,25-26,29-30H2. The maximum atomic E-state index is 13.4. The van der Waals surface area contributed by atoms with Crippen LogP contribution in [0.2, 0.25) is 0 Å². The maximum Gasteiger partial charge on any atom is 0.306 e. The quantitative estimate of drug-likeness (QED) is 0.0345. The number of phenolic OH excluding ortho intramolecular Hbond substituents is 4. The molecular formula is C50H42O12. The topological polar surface area (TPSA) is 202 Å². The van der Waals surface area contributed by atoms with E-state index in [1.165, 1.54) is 48.5 Å². The van der Waals surface area contributed by atoms with E-state index in [2.05, 4.69) is 0 Å². The smallest absolute Gasteiger partial charge is 0.306 e. The molecule has 0 aromatic heterocycles. The van der Waals surface area contributed by atoms with Gasteiger partial charge >= 0.3 is 11.9 Å². The summed E-state index contributed by atoms with van der Waals surface area (Å²) in [5, 5.41) is 44.5. The number of esters is 2. The molecule has 6 aromatic carbocycles. The molecule has 0 fully saturated rings. The van der Waals surface area contributed by atoms with E-state index in [-0.39, 0.29) is 68.5 Å². The van der Waals surface area contributed by atoms with Crippen molar-refractivity contribution < 1.29 is 58.7 Å². The van der Waals surface area contributed by atoms with Crippen LogP contribution < -0.4 is 0 Å². The summed E-state index contributed by atoms with van der Waals surface area (Å²) < 4.78 is 10.7. The largest absolute Gasteiger partial charge is 0.507 e. The number of unbranched alkanes of at least 4 members (excludes halogenated alkanes) is 3. The Hall–Kier alpha value is -7.86. The fraction of sp³-hybridized carbons (Fsp3) is 0.160. The lowest BCUT2D eigenvalue weighted by Crippen LogP contribution is -2.11. The fourth-order valence-electron chi connectivity index (χ4n) is 6.72. The summed E-state index contributed by atoms with van der Waals surface area (Å²) in [6, 6.07) is 34.5. The van der Waals surface area contributed by atoms with Gasteiger partial charge in [0, 0.05) is 35.1 Å². The third kappa shape index (κ3) is 10.3. The predicted molar refractivity (Wildman–Crippen MR) is 226 cm³/mol. The summed E-state index contributed by atoms with van der Waals surface area (Å²) in [6.07, 6.45) is 1.63. The minimum Gasteiger partial charge on any atom is -0.507 e. The fourth-order valence-corrected chi connectivity index (χ4v) is 6.72. The molecule has 0 aliphatic carbocycles. The van der Waals surface area contributed by atoms with Gasteiger partial charge in [-0.3, -0.25) is 28.8 Å². The van der Waals surface area contributed by atoms with E-state index in [0.717, 1.165) is 12.1 Å². The summed E-state index contributed by atoms with van der Waals surface area (Å²) in [5.74, 6) is -6.26. The van der Waals surface area contributed by atoms with E-state index in [4.69, 9.17) is 9.47 Å². The highest BCUT2D eigenvalue weighted by atomic mass is 16.5. The Morgan fingerprint density at radius 1 is 0.355 bits per heavy atom. The third-order valence-electron chi connectivity index (χ3n) is 10.1. The molecule has 0 atom stereocenters. The van der Waals surface area contributed by atoms with Gasteiger partial charge in [-0.05, 0) is 25.0 Å². The van der Waals surface area contributed by atoms with Crippen molar-refractivity contribution in [3.63, 3.8) is 0 Å². The van der Waals surface area contributed by atoms with Gasteiger partial charge in [-0.25, -0.2) is 0 Å². The van der Waals surface area contributed by atoms with Gasteiger partial charge in [-0.2, -0.15) is 0 Å². The highest BCUT2D eigenvalue weighted by Crippen LogP contribution is 2.39. The SMILES string of the molecule is O=C(CCCCCCC(=O)OCc1c(O)c(C(=O)c2ccccc2)cc(C(=O)c2ccccc2)c1O)OCc1c(O)c(C(=O)c2ccccc2)cc(C(=O)c2ccccc2)c1O. The number of benzene rings is 6. The van der Waals surface area contributed by atoms with Gasteiger partial charge in [0.15, 0.2) is 23.1 Å². The molecule has 0 aliphatic rings. The molecule has 0 spiro atoms. The van der Waals surface area contributed by atoms with Crippen molar-refractivity contribution in [3.05, 3.63) is 189 Å². The molecule has 6 aromatic rings. The second kappa shape index (κ2) is 20.4. The van der Waals surface area contributed by atoms with Crippen LogP contribution in [0.3, 0.4) is 0 Å². The number of phenols is 4. The molecule has 314 valence electrons. The highest BCUT2D eigenvalue weighted by Gasteiger charge is 2.28. The van der Waals surface area contributed by atoms with Crippen LogP contribution in [-0.4, -0.2) is 55.5 Å². The van der Waals surface area contributed by atoms with Gasteiger partial charge in [0.05, 0.1) is 33.4 Å². The Morgan fingerprint density at radius 2 is 0.597 bits per heavy atom. The number of rotatable bonds is 19. The molecule has 6 rings (SSSR count). The number of ketones is 4. The van der Waals surface area contributed by atoms with Crippen molar-refractivity contribution in [1.29, 1.82) is 0 Å². The Bertz CT molecular complexity index is 2270. The Labute approximate surface area is 356 Å². The first-order valence-electron chi connectivity index (χ1n) is 19.8. The first-order valence-corrected chi connectivity index (χ1v) is 19.8. The molecule has 0 heterocycles. The van der Waals surface area contributed by atoms with Gasteiger partial charge < -0.3 is 29.9 Å². The molecule has 0 unspecified atom stereocenters. The van der Waals surface area contributed by atoms with Crippen LogP contribution >= 0.6 is 0 Å². The van der Waals surface area contributed by atoms with E-state index < -0.39 is 71.3 Å².